The SMILES string of the molecule is CN(C)C(=O)C1CCCN1CCCNS(=O)(=O)c1c(Cl)cc(Cl)cc1Cl. The van der Waals surface area contributed by atoms with E-state index in [4.69, 9.17) is 34.8 Å². The van der Waals surface area contributed by atoms with E-state index in [0.29, 0.717) is 13.0 Å². The Morgan fingerprint density at radius 3 is 2.46 bits per heavy atom. The third-order valence-electron chi connectivity index (χ3n) is 4.24. The first kappa shape index (κ1) is 21.7. The summed E-state index contributed by atoms with van der Waals surface area (Å²) in [5, 5.41) is 0.224. The van der Waals surface area contributed by atoms with E-state index in [1.807, 2.05) is 0 Å². The number of nitrogens with one attached hydrogen (secondary N) is 1. The van der Waals surface area contributed by atoms with Crippen LogP contribution in [0.5, 0.6) is 0 Å². The van der Waals surface area contributed by atoms with Gasteiger partial charge in [-0.25, -0.2) is 13.1 Å². The van der Waals surface area contributed by atoms with E-state index in [2.05, 4.69) is 9.62 Å². The van der Waals surface area contributed by atoms with Gasteiger partial charge in [0.2, 0.25) is 15.9 Å². The molecule has 0 radical (unpaired) electrons. The van der Waals surface area contributed by atoms with Gasteiger partial charge in [0.1, 0.15) is 4.90 Å². The molecule has 146 valence electrons. The van der Waals surface area contributed by atoms with Crippen LogP contribution in [0.4, 0.5) is 0 Å². The van der Waals surface area contributed by atoms with E-state index in [1.165, 1.54) is 12.1 Å². The minimum Gasteiger partial charge on any atom is -0.347 e. The van der Waals surface area contributed by atoms with Gasteiger partial charge in [0, 0.05) is 32.2 Å². The molecule has 1 aliphatic heterocycles. The van der Waals surface area contributed by atoms with Crippen LogP contribution in [-0.2, 0) is 14.8 Å². The third-order valence-corrected chi connectivity index (χ3v) is 6.84. The molecule has 0 spiro atoms. The molecule has 0 saturated carbocycles. The first-order valence-corrected chi connectivity index (χ1v) is 10.8. The summed E-state index contributed by atoms with van der Waals surface area (Å²) in [6.45, 7) is 1.69. The monoisotopic (exact) mass is 441 g/mol. The number of rotatable bonds is 7. The number of carbonyl (C=O) groups excluding carboxylic acids is 1. The lowest BCUT2D eigenvalue weighted by Gasteiger charge is -2.26. The van der Waals surface area contributed by atoms with Crippen LogP contribution in [0, 0.1) is 0 Å². The van der Waals surface area contributed by atoms with Crippen molar-refractivity contribution in [3.63, 3.8) is 0 Å². The molecule has 1 aromatic rings. The summed E-state index contributed by atoms with van der Waals surface area (Å²) in [6, 6.07) is 2.55. The zero-order valence-corrected chi connectivity index (χ0v) is 17.7. The maximum absolute atomic E-state index is 12.4. The molecule has 6 nitrogen and oxygen atoms in total. The molecule has 2 rings (SSSR count). The van der Waals surface area contributed by atoms with E-state index < -0.39 is 10.0 Å². The highest BCUT2D eigenvalue weighted by Crippen LogP contribution is 2.32. The fraction of sp³-hybridized carbons (Fsp3) is 0.562. The number of carbonyl (C=O) groups is 1. The molecule has 1 amide bonds. The summed E-state index contributed by atoms with van der Waals surface area (Å²) in [6.07, 6.45) is 2.37. The second-order valence-corrected chi connectivity index (χ2v) is 9.33. The van der Waals surface area contributed by atoms with Crippen molar-refractivity contribution < 1.29 is 13.2 Å². The van der Waals surface area contributed by atoms with Crippen molar-refractivity contribution >= 4 is 50.7 Å². The van der Waals surface area contributed by atoms with Crippen LogP contribution in [-0.4, -0.2) is 63.9 Å². The molecule has 1 unspecified atom stereocenters. The lowest BCUT2D eigenvalue weighted by molar-refractivity contribution is -0.133. The largest absolute Gasteiger partial charge is 0.347 e. The predicted molar refractivity (Wildman–Crippen MR) is 105 cm³/mol. The number of hydrogen-bond acceptors (Lipinski definition) is 4. The van der Waals surface area contributed by atoms with E-state index in [9.17, 15) is 13.2 Å². The Morgan fingerprint density at radius 1 is 1.27 bits per heavy atom. The second-order valence-electron chi connectivity index (χ2n) is 6.38. The number of likely N-dealkylation sites (N-methyl/N-ethyl adjacent to an activating group) is 1. The topological polar surface area (TPSA) is 69.7 Å². The fourth-order valence-electron chi connectivity index (χ4n) is 3.02. The zero-order valence-electron chi connectivity index (χ0n) is 14.6. The molecule has 0 bridgehead atoms. The lowest BCUT2D eigenvalue weighted by Crippen LogP contribution is -2.43. The molecule has 1 atom stereocenters. The minimum absolute atomic E-state index is 0.0220. The first-order valence-electron chi connectivity index (χ1n) is 8.23. The smallest absolute Gasteiger partial charge is 0.243 e. The summed E-state index contributed by atoms with van der Waals surface area (Å²) in [4.78, 5) is 15.7. The average molecular weight is 443 g/mol. The summed E-state index contributed by atoms with van der Waals surface area (Å²) < 4.78 is 27.4. The van der Waals surface area contributed by atoms with Gasteiger partial charge >= 0.3 is 0 Å². The second kappa shape index (κ2) is 9.08. The number of halogens is 3. The normalized spacial score (nSPS) is 18.3. The quantitative estimate of drug-likeness (QED) is 0.659. The molecule has 1 saturated heterocycles. The summed E-state index contributed by atoms with van der Waals surface area (Å²) in [7, 11) is -0.358. The highest BCUT2D eigenvalue weighted by atomic mass is 35.5. The van der Waals surface area contributed by atoms with Crippen molar-refractivity contribution in [1.82, 2.24) is 14.5 Å². The van der Waals surface area contributed by atoms with E-state index >= 15 is 0 Å². The molecule has 1 aromatic carbocycles. The number of benzene rings is 1. The van der Waals surface area contributed by atoms with Crippen molar-refractivity contribution in [3.8, 4) is 0 Å². The minimum atomic E-state index is -3.84. The third kappa shape index (κ3) is 5.24. The van der Waals surface area contributed by atoms with Crippen LogP contribution in [0.2, 0.25) is 15.1 Å². The molecule has 1 N–H and O–H groups in total. The van der Waals surface area contributed by atoms with Gasteiger partial charge in [0.25, 0.3) is 0 Å². The van der Waals surface area contributed by atoms with Crippen LogP contribution in [0.15, 0.2) is 17.0 Å². The Balaban J connectivity index is 1.92. The van der Waals surface area contributed by atoms with Crippen molar-refractivity contribution in [1.29, 1.82) is 0 Å². The molecule has 26 heavy (non-hydrogen) atoms. The Kier molecular flexibility index (Phi) is 7.59. The molecule has 10 heteroatoms. The Labute approximate surface area is 169 Å². The van der Waals surface area contributed by atoms with Crippen LogP contribution in [0.3, 0.4) is 0 Å². The van der Waals surface area contributed by atoms with Crippen molar-refractivity contribution in [2.24, 2.45) is 0 Å². The molecule has 1 fully saturated rings. The van der Waals surface area contributed by atoms with Crippen LogP contribution >= 0.6 is 34.8 Å². The van der Waals surface area contributed by atoms with Gasteiger partial charge in [-0.1, -0.05) is 34.8 Å². The van der Waals surface area contributed by atoms with Crippen LogP contribution in [0.1, 0.15) is 19.3 Å². The Bertz CT molecular complexity index is 748. The van der Waals surface area contributed by atoms with Gasteiger partial charge < -0.3 is 4.90 Å². The number of likely N-dealkylation sites (tertiary alicyclic amines) is 1. The highest BCUT2D eigenvalue weighted by molar-refractivity contribution is 7.89. The summed E-state index contributed by atoms with van der Waals surface area (Å²) >= 11 is 17.8. The van der Waals surface area contributed by atoms with Crippen molar-refractivity contribution in [2.45, 2.75) is 30.2 Å². The first-order chi connectivity index (χ1) is 12.1. The Hall–Kier alpha value is -0.570. The highest BCUT2D eigenvalue weighted by Gasteiger charge is 2.31. The van der Waals surface area contributed by atoms with Gasteiger partial charge in [-0.05, 0) is 37.9 Å². The van der Waals surface area contributed by atoms with E-state index in [0.717, 1.165) is 19.4 Å². The average Bonchev–Trinajstić information content (AvgIpc) is 2.97. The zero-order chi connectivity index (χ0) is 19.5. The Morgan fingerprint density at radius 2 is 1.88 bits per heavy atom. The van der Waals surface area contributed by atoms with E-state index in [1.54, 1.807) is 19.0 Å². The van der Waals surface area contributed by atoms with Crippen molar-refractivity contribution in [3.05, 3.63) is 27.2 Å². The number of amides is 1. The molecule has 0 aromatic heterocycles. The summed E-state index contributed by atoms with van der Waals surface area (Å²) in [5.74, 6) is 0.0859. The molecule has 0 aliphatic carbocycles. The maximum atomic E-state index is 12.4. The summed E-state index contributed by atoms with van der Waals surface area (Å²) in [5.41, 5.74) is 0. The molecular formula is C16H22Cl3N3O3S. The standard InChI is InChI=1S/C16H22Cl3N3O3S/c1-21(2)16(23)14-5-3-7-22(14)8-4-6-20-26(24,25)15-12(18)9-11(17)10-13(15)19/h9-10,14,20H,3-8H2,1-2H3. The van der Waals surface area contributed by atoms with E-state index in [-0.39, 0.29) is 38.5 Å². The van der Waals surface area contributed by atoms with Crippen molar-refractivity contribution in [2.75, 3.05) is 33.7 Å². The molecule has 1 heterocycles. The van der Waals surface area contributed by atoms with Crippen LogP contribution in [0.25, 0.3) is 0 Å². The maximum Gasteiger partial charge on any atom is 0.243 e. The van der Waals surface area contributed by atoms with Gasteiger partial charge in [-0.2, -0.15) is 0 Å². The van der Waals surface area contributed by atoms with Gasteiger partial charge in [-0.3, -0.25) is 9.69 Å². The predicted octanol–water partition coefficient (Wildman–Crippen LogP) is 2.87. The number of hydrogen-bond donors (Lipinski definition) is 1. The van der Waals surface area contributed by atoms with Gasteiger partial charge in [-0.15, -0.1) is 0 Å². The number of nitrogens with zero attached hydrogens (tertiary/aromatic N) is 2. The lowest BCUT2D eigenvalue weighted by atomic mass is 10.2. The molecular weight excluding hydrogens is 421 g/mol. The van der Waals surface area contributed by atoms with Gasteiger partial charge in [0.15, 0.2) is 0 Å². The number of sulfonamides is 1. The van der Waals surface area contributed by atoms with Crippen LogP contribution < -0.4 is 4.72 Å². The van der Waals surface area contributed by atoms with Gasteiger partial charge in [0.05, 0.1) is 16.1 Å². The molecule has 1 aliphatic rings. The fourth-order valence-corrected chi connectivity index (χ4v) is 5.63.